The number of piperidine rings is 2. The Bertz CT molecular complexity index is 1140. The second kappa shape index (κ2) is 10.4. The third kappa shape index (κ3) is 5.52. The number of nitrogens with zero attached hydrogens (tertiary/aromatic N) is 2. The molecule has 2 fully saturated rings. The van der Waals surface area contributed by atoms with E-state index in [0.717, 1.165) is 17.7 Å². The van der Waals surface area contributed by atoms with Gasteiger partial charge in [-0.05, 0) is 55.5 Å². The molecule has 0 saturated carbocycles. The predicted molar refractivity (Wildman–Crippen MR) is 127 cm³/mol. The second-order valence-electron chi connectivity index (χ2n) is 9.30. The lowest BCUT2D eigenvalue weighted by Gasteiger charge is -2.42. The molecule has 2 aromatic rings. The van der Waals surface area contributed by atoms with Crippen LogP contribution in [-0.2, 0) is 27.5 Å². The molecule has 7 nitrogen and oxygen atoms in total. The molecule has 0 bridgehead atoms. The van der Waals surface area contributed by atoms with Gasteiger partial charge in [0.2, 0.25) is 10.0 Å². The summed E-state index contributed by atoms with van der Waals surface area (Å²) < 4.78 is 70.5. The maximum atomic E-state index is 13.5. The molecule has 2 aliphatic rings. The maximum absolute atomic E-state index is 13.5. The van der Waals surface area contributed by atoms with Gasteiger partial charge in [0.25, 0.3) is 0 Å². The number of benzene rings is 2. The fourth-order valence-electron chi connectivity index (χ4n) is 4.85. The van der Waals surface area contributed by atoms with E-state index in [4.69, 9.17) is 4.74 Å². The van der Waals surface area contributed by atoms with Crippen LogP contribution in [0.3, 0.4) is 0 Å². The summed E-state index contributed by atoms with van der Waals surface area (Å²) in [7, 11) is -4.13. The predicted octanol–water partition coefficient (Wildman–Crippen LogP) is 4.00. The van der Waals surface area contributed by atoms with Gasteiger partial charge in [-0.1, -0.05) is 30.3 Å². The molecular formula is C25H29F3N2O5S. The number of alkyl halides is 3. The van der Waals surface area contributed by atoms with Crippen molar-refractivity contribution in [2.24, 2.45) is 0 Å². The summed E-state index contributed by atoms with van der Waals surface area (Å²) >= 11 is 0. The Balaban J connectivity index is 1.36. The van der Waals surface area contributed by atoms with E-state index in [1.807, 2.05) is 30.3 Å². The van der Waals surface area contributed by atoms with Gasteiger partial charge < -0.3 is 9.84 Å². The molecule has 196 valence electrons. The lowest BCUT2D eigenvalue weighted by Crippen LogP contribution is -2.59. The van der Waals surface area contributed by atoms with E-state index >= 15 is 0 Å². The number of ether oxygens (including phenoxy) is 1. The first-order valence-electron chi connectivity index (χ1n) is 11.8. The van der Waals surface area contributed by atoms with E-state index in [1.165, 1.54) is 16.4 Å². The van der Waals surface area contributed by atoms with Crippen LogP contribution in [0.1, 0.15) is 36.8 Å². The third-order valence-electron chi connectivity index (χ3n) is 7.02. The van der Waals surface area contributed by atoms with Crippen molar-refractivity contribution < 1.29 is 36.2 Å². The van der Waals surface area contributed by atoms with Crippen molar-refractivity contribution >= 4 is 16.0 Å². The van der Waals surface area contributed by atoms with Crippen LogP contribution in [0.25, 0.3) is 0 Å². The molecule has 0 spiro atoms. The fraction of sp³-hybridized carbons (Fsp3) is 0.480. The highest BCUT2D eigenvalue weighted by atomic mass is 32.2. The van der Waals surface area contributed by atoms with E-state index < -0.39 is 32.5 Å². The van der Waals surface area contributed by atoms with Crippen LogP contribution in [0, 0.1) is 0 Å². The first kappa shape index (κ1) is 26.4. The van der Waals surface area contributed by atoms with Gasteiger partial charge >= 0.3 is 12.1 Å². The summed E-state index contributed by atoms with van der Waals surface area (Å²) in [6.07, 6.45) is -4.18. The van der Waals surface area contributed by atoms with Gasteiger partial charge in [0.05, 0.1) is 5.56 Å². The Morgan fingerprint density at radius 3 is 2.08 bits per heavy atom. The van der Waals surface area contributed by atoms with Crippen molar-refractivity contribution in [2.45, 2.75) is 49.3 Å². The average molecular weight is 527 g/mol. The van der Waals surface area contributed by atoms with Crippen molar-refractivity contribution in [1.29, 1.82) is 0 Å². The van der Waals surface area contributed by atoms with Crippen LogP contribution in [0.4, 0.5) is 13.2 Å². The number of carboxylic acid groups (broad SMARTS) is 1. The average Bonchev–Trinajstić information content (AvgIpc) is 2.85. The van der Waals surface area contributed by atoms with Crippen LogP contribution < -0.4 is 4.74 Å². The highest BCUT2D eigenvalue weighted by molar-refractivity contribution is 7.91. The second-order valence-corrected chi connectivity index (χ2v) is 11.6. The lowest BCUT2D eigenvalue weighted by molar-refractivity contribution is -0.141. The molecule has 11 heteroatoms. The van der Waals surface area contributed by atoms with Crippen molar-refractivity contribution in [2.75, 3.05) is 26.2 Å². The monoisotopic (exact) mass is 526 g/mol. The minimum Gasteiger partial charge on any atom is -0.490 e. The zero-order chi connectivity index (χ0) is 26.0. The molecule has 2 saturated heterocycles. The molecule has 2 aromatic carbocycles. The van der Waals surface area contributed by atoms with E-state index in [2.05, 4.69) is 4.90 Å². The van der Waals surface area contributed by atoms with Gasteiger partial charge in [0.15, 0.2) is 4.75 Å². The van der Waals surface area contributed by atoms with Crippen LogP contribution in [0.2, 0.25) is 0 Å². The Kier molecular flexibility index (Phi) is 7.63. The normalized spacial score (nSPS) is 20.2. The number of likely N-dealkylation sites (tertiary alicyclic amines) is 1. The van der Waals surface area contributed by atoms with E-state index in [1.54, 1.807) is 0 Å². The first-order valence-corrected chi connectivity index (χ1v) is 13.3. The Hall–Kier alpha value is -2.63. The Morgan fingerprint density at radius 2 is 1.56 bits per heavy atom. The largest absolute Gasteiger partial charge is 0.490 e. The number of hydrogen-bond acceptors (Lipinski definition) is 5. The van der Waals surface area contributed by atoms with E-state index in [-0.39, 0.29) is 37.8 Å². The zero-order valence-corrected chi connectivity index (χ0v) is 20.5. The summed E-state index contributed by atoms with van der Waals surface area (Å²) in [5.41, 5.74) is 0.308. The molecule has 36 heavy (non-hydrogen) atoms. The molecule has 0 atom stereocenters. The summed E-state index contributed by atoms with van der Waals surface area (Å²) in [6.45, 7) is 1.53. The van der Waals surface area contributed by atoms with Gasteiger partial charge in [0, 0.05) is 32.7 Å². The number of carbonyl (C=O) groups is 1. The van der Waals surface area contributed by atoms with Crippen LogP contribution in [-0.4, -0.2) is 65.7 Å². The molecule has 0 amide bonds. The van der Waals surface area contributed by atoms with Crippen molar-refractivity contribution in [1.82, 2.24) is 9.21 Å². The number of rotatable bonds is 7. The molecule has 0 radical (unpaired) electrons. The molecule has 1 N–H and O–H groups in total. The Labute approximate surface area is 208 Å². The standard InChI is InChI=1S/C25H29F3N2O5S/c26-25(27,28)20-6-8-21(9-7-20)35-22-10-14-30(15-11-22)36(33,34)24(23(31)32)12-16-29(17-13-24)18-19-4-2-1-3-5-19/h1-9,22H,10-18H2,(H,31,32). The summed E-state index contributed by atoms with van der Waals surface area (Å²) in [5, 5.41) is 10.0. The summed E-state index contributed by atoms with van der Waals surface area (Å²) in [5.74, 6) is -1.05. The number of aliphatic carboxylic acids is 1. The number of carboxylic acids is 1. The van der Waals surface area contributed by atoms with Crippen molar-refractivity contribution in [3.8, 4) is 5.75 Å². The van der Waals surface area contributed by atoms with Gasteiger partial charge in [0.1, 0.15) is 11.9 Å². The smallest absolute Gasteiger partial charge is 0.416 e. The van der Waals surface area contributed by atoms with Crippen LogP contribution in [0.15, 0.2) is 54.6 Å². The molecular weight excluding hydrogens is 497 g/mol. The molecule has 0 aromatic heterocycles. The summed E-state index contributed by atoms with van der Waals surface area (Å²) in [6, 6.07) is 14.1. The molecule has 2 aliphatic heterocycles. The van der Waals surface area contributed by atoms with Crippen LogP contribution >= 0.6 is 0 Å². The van der Waals surface area contributed by atoms with Gasteiger partial charge in [-0.2, -0.15) is 13.2 Å². The SMILES string of the molecule is O=C(O)C1(S(=O)(=O)N2CCC(Oc3ccc(C(F)(F)F)cc3)CC2)CCN(Cc2ccccc2)CC1. The highest BCUT2D eigenvalue weighted by Gasteiger charge is 2.55. The molecule has 0 unspecified atom stereocenters. The van der Waals surface area contributed by atoms with Gasteiger partial charge in [-0.3, -0.25) is 9.69 Å². The third-order valence-corrected chi connectivity index (χ3v) is 9.64. The van der Waals surface area contributed by atoms with E-state index in [9.17, 15) is 31.5 Å². The fourth-order valence-corrected chi connectivity index (χ4v) is 6.95. The topological polar surface area (TPSA) is 87.1 Å². The van der Waals surface area contributed by atoms with Crippen molar-refractivity contribution in [3.63, 3.8) is 0 Å². The number of hydrogen-bond donors (Lipinski definition) is 1. The number of halogens is 3. The molecule has 0 aliphatic carbocycles. The Morgan fingerprint density at radius 1 is 0.972 bits per heavy atom. The highest BCUT2D eigenvalue weighted by Crippen LogP contribution is 2.36. The quantitative estimate of drug-likeness (QED) is 0.587. The van der Waals surface area contributed by atoms with Crippen molar-refractivity contribution in [3.05, 3.63) is 65.7 Å². The van der Waals surface area contributed by atoms with Crippen LogP contribution in [0.5, 0.6) is 5.75 Å². The van der Waals surface area contributed by atoms with Gasteiger partial charge in [-0.25, -0.2) is 12.7 Å². The maximum Gasteiger partial charge on any atom is 0.416 e. The van der Waals surface area contributed by atoms with Gasteiger partial charge in [-0.15, -0.1) is 0 Å². The zero-order valence-electron chi connectivity index (χ0n) is 19.7. The summed E-state index contributed by atoms with van der Waals surface area (Å²) in [4.78, 5) is 14.4. The first-order chi connectivity index (χ1) is 17.0. The molecule has 2 heterocycles. The molecule has 4 rings (SSSR count). The minimum absolute atomic E-state index is 0.000513. The lowest BCUT2D eigenvalue weighted by atomic mass is 9.95. The number of sulfonamides is 1. The van der Waals surface area contributed by atoms with E-state index in [0.29, 0.717) is 32.5 Å². The minimum atomic E-state index is -4.43.